The van der Waals surface area contributed by atoms with E-state index in [0.717, 1.165) is 17.7 Å². The first-order valence-electron chi connectivity index (χ1n) is 6.17. The number of ether oxygens (including phenoxy) is 1. The van der Waals surface area contributed by atoms with E-state index in [1.807, 2.05) is 24.3 Å². The van der Waals surface area contributed by atoms with Crippen molar-refractivity contribution in [2.45, 2.75) is 25.8 Å². The molecule has 0 aliphatic carbocycles. The molecular weight excluding hydrogens is 244 g/mol. The minimum Gasteiger partial charge on any atom is -0.489 e. The fraction of sp³-hybridized carbons (Fsp3) is 0.250. The molecule has 0 unspecified atom stereocenters. The average molecular weight is 261 g/mol. The van der Waals surface area contributed by atoms with Gasteiger partial charge in [-0.2, -0.15) is 0 Å². The topological polar surface area (TPSA) is 9.23 Å². The Bertz CT molecular complexity index is 491. The van der Waals surface area contributed by atoms with Gasteiger partial charge in [0, 0.05) is 5.88 Å². The van der Waals surface area contributed by atoms with Crippen LogP contribution in [-0.4, -0.2) is 0 Å². The van der Waals surface area contributed by atoms with Crippen LogP contribution >= 0.6 is 11.6 Å². The fourth-order valence-electron chi connectivity index (χ4n) is 1.76. The lowest BCUT2D eigenvalue weighted by Crippen LogP contribution is -1.96. The summed E-state index contributed by atoms with van der Waals surface area (Å²) in [4.78, 5) is 0. The largest absolute Gasteiger partial charge is 0.489 e. The predicted octanol–water partition coefficient (Wildman–Crippen LogP) is 4.57. The van der Waals surface area contributed by atoms with Crippen LogP contribution in [0.5, 0.6) is 5.75 Å². The van der Waals surface area contributed by atoms with E-state index in [9.17, 15) is 0 Å². The molecule has 0 saturated carbocycles. The number of rotatable bonds is 5. The summed E-state index contributed by atoms with van der Waals surface area (Å²) in [6.45, 7) is 2.75. The Labute approximate surface area is 113 Å². The molecule has 0 saturated heterocycles. The van der Waals surface area contributed by atoms with Crippen LogP contribution in [0.15, 0.2) is 48.5 Å². The van der Waals surface area contributed by atoms with E-state index in [1.165, 1.54) is 11.1 Å². The van der Waals surface area contributed by atoms with E-state index in [2.05, 4.69) is 31.2 Å². The summed E-state index contributed by atoms with van der Waals surface area (Å²) < 4.78 is 5.75. The summed E-state index contributed by atoms with van der Waals surface area (Å²) in [5.74, 6) is 1.38. The molecule has 2 aromatic rings. The zero-order chi connectivity index (χ0) is 12.8. The van der Waals surface area contributed by atoms with Crippen LogP contribution in [0.2, 0.25) is 0 Å². The SMILES string of the molecule is CCc1ccc(COc2cccc(CCl)c2)cc1. The lowest BCUT2D eigenvalue weighted by atomic mass is 10.1. The second-order valence-electron chi connectivity index (χ2n) is 4.24. The highest BCUT2D eigenvalue weighted by atomic mass is 35.5. The standard InChI is InChI=1S/C16H17ClO/c1-2-13-6-8-14(9-7-13)12-18-16-5-3-4-15(10-16)11-17/h3-10H,2,11-12H2,1H3. The molecule has 0 atom stereocenters. The van der Waals surface area contributed by atoms with E-state index < -0.39 is 0 Å². The van der Waals surface area contributed by atoms with Gasteiger partial charge in [0.05, 0.1) is 0 Å². The molecule has 0 aliphatic rings. The molecule has 0 aliphatic heterocycles. The lowest BCUT2D eigenvalue weighted by molar-refractivity contribution is 0.306. The summed E-state index contributed by atoms with van der Waals surface area (Å²) in [5, 5.41) is 0. The van der Waals surface area contributed by atoms with Gasteiger partial charge in [-0.3, -0.25) is 0 Å². The van der Waals surface area contributed by atoms with Crippen molar-refractivity contribution < 1.29 is 4.74 Å². The maximum atomic E-state index is 5.79. The van der Waals surface area contributed by atoms with Gasteiger partial charge < -0.3 is 4.74 Å². The smallest absolute Gasteiger partial charge is 0.120 e. The van der Waals surface area contributed by atoms with Gasteiger partial charge in [0.1, 0.15) is 12.4 Å². The normalized spacial score (nSPS) is 10.3. The molecule has 0 amide bonds. The van der Waals surface area contributed by atoms with Gasteiger partial charge in [-0.25, -0.2) is 0 Å². The minimum absolute atomic E-state index is 0.516. The van der Waals surface area contributed by atoms with Crippen LogP contribution in [0.25, 0.3) is 0 Å². The summed E-state index contributed by atoms with van der Waals surface area (Å²) >= 11 is 5.79. The Morgan fingerprint density at radius 1 is 0.944 bits per heavy atom. The first-order valence-corrected chi connectivity index (χ1v) is 6.71. The van der Waals surface area contributed by atoms with Gasteiger partial charge in [0.15, 0.2) is 0 Å². The number of halogens is 1. The Morgan fingerprint density at radius 3 is 2.33 bits per heavy atom. The Hall–Kier alpha value is -1.47. The van der Waals surface area contributed by atoms with E-state index in [0.29, 0.717) is 12.5 Å². The van der Waals surface area contributed by atoms with Crippen molar-refractivity contribution in [2.75, 3.05) is 0 Å². The average Bonchev–Trinajstić information content (AvgIpc) is 2.46. The van der Waals surface area contributed by atoms with Crippen LogP contribution in [0.4, 0.5) is 0 Å². The molecule has 0 aromatic heterocycles. The molecule has 0 N–H and O–H groups in total. The Balaban J connectivity index is 1.97. The van der Waals surface area contributed by atoms with Crippen molar-refractivity contribution in [1.82, 2.24) is 0 Å². The van der Waals surface area contributed by atoms with Crippen molar-refractivity contribution in [1.29, 1.82) is 0 Å². The molecule has 2 heteroatoms. The molecule has 18 heavy (non-hydrogen) atoms. The van der Waals surface area contributed by atoms with Crippen LogP contribution in [0.3, 0.4) is 0 Å². The van der Waals surface area contributed by atoms with Crippen LogP contribution < -0.4 is 4.74 Å². The van der Waals surface area contributed by atoms with Crippen molar-refractivity contribution in [3.63, 3.8) is 0 Å². The summed E-state index contributed by atoms with van der Waals surface area (Å²) in [7, 11) is 0. The summed E-state index contributed by atoms with van der Waals surface area (Å²) in [6, 6.07) is 16.4. The molecule has 0 heterocycles. The number of hydrogen-bond donors (Lipinski definition) is 0. The van der Waals surface area contributed by atoms with Crippen molar-refractivity contribution >= 4 is 11.6 Å². The maximum absolute atomic E-state index is 5.79. The molecule has 0 fully saturated rings. The zero-order valence-electron chi connectivity index (χ0n) is 10.5. The van der Waals surface area contributed by atoms with E-state index in [1.54, 1.807) is 0 Å². The molecule has 0 bridgehead atoms. The van der Waals surface area contributed by atoms with Crippen LogP contribution in [0.1, 0.15) is 23.6 Å². The second-order valence-corrected chi connectivity index (χ2v) is 4.51. The van der Waals surface area contributed by atoms with Gasteiger partial charge in [-0.05, 0) is 35.2 Å². The van der Waals surface area contributed by atoms with Crippen molar-refractivity contribution in [3.05, 3.63) is 65.2 Å². The number of hydrogen-bond acceptors (Lipinski definition) is 1. The van der Waals surface area contributed by atoms with Gasteiger partial charge in [-0.15, -0.1) is 11.6 Å². The first kappa shape index (κ1) is 13.0. The third kappa shape index (κ3) is 3.51. The summed E-state index contributed by atoms with van der Waals surface area (Å²) in [6.07, 6.45) is 1.07. The monoisotopic (exact) mass is 260 g/mol. The highest BCUT2D eigenvalue weighted by Crippen LogP contribution is 2.16. The second kappa shape index (κ2) is 6.46. The van der Waals surface area contributed by atoms with Crippen LogP contribution in [-0.2, 0) is 18.9 Å². The number of alkyl halides is 1. The lowest BCUT2D eigenvalue weighted by Gasteiger charge is -2.07. The first-order chi connectivity index (χ1) is 8.81. The molecule has 0 spiro atoms. The summed E-state index contributed by atoms with van der Waals surface area (Å²) in [5.41, 5.74) is 3.61. The third-order valence-electron chi connectivity index (χ3n) is 2.89. The third-order valence-corrected chi connectivity index (χ3v) is 3.20. The molecule has 0 radical (unpaired) electrons. The van der Waals surface area contributed by atoms with Gasteiger partial charge in [0.25, 0.3) is 0 Å². The van der Waals surface area contributed by atoms with Gasteiger partial charge in [0.2, 0.25) is 0 Å². The highest BCUT2D eigenvalue weighted by Gasteiger charge is 1.98. The molecule has 2 aromatic carbocycles. The van der Waals surface area contributed by atoms with E-state index in [4.69, 9.17) is 16.3 Å². The van der Waals surface area contributed by atoms with E-state index >= 15 is 0 Å². The van der Waals surface area contributed by atoms with Gasteiger partial charge >= 0.3 is 0 Å². The predicted molar refractivity (Wildman–Crippen MR) is 76.2 cm³/mol. The molecule has 94 valence electrons. The fourth-order valence-corrected chi connectivity index (χ4v) is 1.92. The highest BCUT2D eigenvalue weighted by molar-refractivity contribution is 6.17. The number of aryl methyl sites for hydroxylation is 1. The Kier molecular flexibility index (Phi) is 4.66. The van der Waals surface area contributed by atoms with E-state index in [-0.39, 0.29) is 0 Å². The maximum Gasteiger partial charge on any atom is 0.120 e. The molecular formula is C16H17ClO. The molecule has 1 nitrogen and oxygen atoms in total. The zero-order valence-corrected chi connectivity index (χ0v) is 11.3. The quantitative estimate of drug-likeness (QED) is 0.716. The Morgan fingerprint density at radius 2 is 1.67 bits per heavy atom. The molecule has 2 rings (SSSR count). The van der Waals surface area contributed by atoms with Crippen LogP contribution in [0, 0.1) is 0 Å². The minimum atomic E-state index is 0.516. The number of benzene rings is 2. The van der Waals surface area contributed by atoms with Crippen molar-refractivity contribution in [3.8, 4) is 5.75 Å². The van der Waals surface area contributed by atoms with Gasteiger partial charge in [-0.1, -0.05) is 43.3 Å². The van der Waals surface area contributed by atoms with Crippen molar-refractivity contribution in [2.24, 2.45) is 0 Å².